The van der Waals surface area contributed by atoms with E-state index in [1.54, 1.807) is 0 Å². The lowest BCUT2D eigenvalue weighted by Crippen LogP contribution is -2.16. The van der Waals surface area contributed by atoms with Crippen LogP contribution in [0.25, 0.3) is 0 Å². The molecule has 0 N–H and O–H groups in total. The second-order valence-corrected chi connectivity index (χ2v) is 5.90. The first-order valence-corrected chi connectivity index (χ1v) is 7.27. The van der Waals surface area contributed by atoms with Crippen LogP contribution < -0.4 is 0 Å². The Bertz CT molecular complexity index is 336. The Hall–Kier alpha value is -0.0800. The van der Waals surface area contributed by atoms with Crippen molar-refractivity contribution in [2.75, 3.05) is 5.88 Å². The maximum Gasteiger partial charge on any atom is 0.0410 e. The van der Waals surface area contributed by atoms with E-state index in [1.165, 1.54) is 31.2 Å². The van der Waals surface area contributed by atoms with Gasteiger partial charge in [-0.25, -0.2) is 0 Å². The Morgan fingerprint density at radius 2 is 2.12 bits per heavy atom. The molecule has 1 saturated carbocycles. The lowest BCUT2D eigenvalue weighted by Gasteiger charge is -2.20. The fourth-order valence-corrected chi connectivity index (χ4v) is 3.42. The summed E-state index contributed by atoms with van der Waals surface area (Å²) in [5.74, 6) is 2.23. The Labute approximate surface area is 111 Å². The Morgan fingerprint density at radius 3 is 2.75 bits per heavy atom. The molecule has 0 radical (unpaired) electrons. The second kappa shape index (κ2) is 6.02. The van der Waals surface area contributed by atoms with Gasteiger partial charge in [-0.05, 0) is 45.8 Å². The van der Waals surface area contributed by atoms with Gasteiger partial charge in [-0.15, -0.1) is 11.6 Å². The van der Waals surface area contributed by atoms with E-state index >= 15 is 0 Å². The average Bonchev–Trinajstić information content (AvgIpc) is 2.79. The van der Waals surface area contributed by atoms with Crippen molar-refractivity contribution < 1.29 is 0 Å². The zero-order chi connectivity index (χ0) is 11.4. The molecular weight excluding hydrogens is 286 g/mol. The van der Waals surface area contributed by atoms with Crippen LogP contribution in [0.2, 0.25) is 0 Å². The van der Waals surface area contributed by atoms with Crippen molar-refractivity contribution in [2.24, 2.45) is 11.8 Å². The molecule has 1 heterocycles. The van der Waals surface area contributed by atoms with E-state index < -0.39 is 0 Å². The topological polar surface area (TPSA) is 12.9 Å². The summed E-state index contributed by atoms with van der Waals surface area (Å²) in [5, 5.41) is 0. The number of rotatable bonds is 4. The summed E-state index contributed by atoms with van der Waals surface area (Å²) >= 11 is 9.57. The van der Waals surface area contributed by atoms with E-state index in [1.807, 2.05) is 12.4 Å². The summed E-state index contributed by atoms with van der Waals surface area (Å²) in [5.41, 5.74) is 1.30. The highest BCUT2D eigenvalue weighted by molar-refractivity contribution is 9.10. The SMILES string of the molecule is ClCC(Cc1cncc(Br)c1)C1CCCC1. The third kappa shape index (κ3) is 3.21. The number of aromatic nitrogens is 1. The minimum atomic E-state index is 0.625. The minimum absolute atomic E-state index is 0.625. The summed E-state index contributed by atoms with van der Waals surface area (Å²) in [6.07, 6.45) is 10.3. The van der Waals surface area contributed by atoms with E-state index in [0.717, 1.165) is 22.7 Å². The molecular formula is C13H17BrClN. The van der Waals surface area contributed by atoms with Gasteiger partial charge in [0.2, 0.25) is 0 Å². The molecule has 0 aliphatic heterocycles. The Kier molecular flexibility index (Phi) is 4.66. The van der Waals surface area contributed by atoms with Crippen molar-refractivity contribution in [3.05, 3.63) is 28.5 Å². The van der Waals surface area contributed by atoms with Gasteiger partial charge in [-0.1, -0.05) is 25.7 Å². The fraction of sp³-hybridized carbons (Fsp3) is 0.615. The monoisotopic (exact) mass is 301 g/mol. The summed E-state index contributed by atoms with van der Waals surface area (Å²) in [6, 6.07) is 2.15. The standard InChI is InChI=1S/C13H17BrClN/c14-13-6-10(8-16-9-13)5-12(7-15)11-3-1-2-4-11/h6,8-9,11-12H,1-5,7H2. The molecule has 0 saturated heterocycles. The molecule has 2 rings (SSSR count). The van der Waals surface area contributed by atoms with E-state index in [4.69, 9.17) is 11.6 Å². The predicted molar refractivity (Wildman–Crippen MR) is 71.8 cm³/mol. The van der Waals surface area contributed by atoms with Crippen LogP contribution in [0.5, 0.6) is 0 Å². The summed E-state index contributed by atoms with van der Waals surface area (Å²) < 4.78 is 1.06. The first kappa shape index (κ1) is 12.4. The summed E-state index contributed by atoms with van der Waals surface area (Å²) in [6.45, 7) is 0. The normalized spacial score (nSPS) is 18.9. The maximum atomic E-state index is 6.11. The molecule has 0 aromatic carbocycles. The maximum absolute atomic E-state index is 6.11. The van der Waals surface area contributed by atoms with Crippen LogP contribution in [0.3, 0.4) is 0 Å². The van der Waals surface area contributed by atoms with Crippen LogP contribution in [-0.4, -0.2) is 10.9 Å². The summed E-state index contributed by atoms with van der Waals surface area (Å²) in [7, 11) is 0. The molecule has 1 unspecified atom stereocenters. The lowest BCUT2D eigenvalue weighted by atomic mass is 9.87. The third-order valence-corrected chi connectivity index (χ3v) is 4.35. The highest BCUT2D eigenvalue weighted by atomic mass is 79.9. The molecule has 1 aliphatic carbocycles. The van der Waals surface area contributed by atoms with E-state index in [9.17, 15) is 0 Å². The largest absolute Gasteiger partial charge is 0.263 e. The average molecular weight is 303 g/mol. The number of hydrogen-bond acceptors (Lipinski definition) is 1. The van der Waals surface area contributed by atoms with Crippen molar-refractivity contribution >= 4 is 27.5 Å². The smallest absolute Gasteiger partial charge is 0.0410 e. The van der Waals surface area contributed by atoms with Gasteiger partial charge in [-0.3, -0.25) is 4.98 Å². The van der Waals surface area contributed by atoms with Crippen LogP contribution in [0.1, 0.15) is 31.2 Å². The molecule has 3 heteroatoms. The first-order chi connectivity index (χ1) is 7.79. The molecule has 1 fully saturated rings. The van der Waals surface area contributed by atoms with Crippen molar-refractivity contribution in [1.29, 1.82) is 0 Å². The zero-order valence-corrected chi connectivity index (χ0v) is 11.7. The first-order valence-electron chi connectivity index (χ1n) is 5.95. The van der Waals surface area contributed by atoms with E-state index in [2.05, 4.69) is 27.0 Å². The minimum Gasteiger partial charge on any atom is -0.263 e. The van der Waals surface area contributed by atoms with Crippen molar-refractivity contribution in [3.63, 3.8) is 0 Å². The molecule has 0 bridgehead atoms. The van der Waals surface area contributed by atoms with Gasteiger partial charge in [0.05, 0.1) is 0 Å². The Morgan fingerprint density at radius 1 is 1.38 bits per heavy atom. The molecule has 1 nitrogen and oxygen atoms in total. The van der Waals surface area contributed by atoms with Crippen LogP contribution in [-0.2, 0) is 6.42 Å². The Balaban J connectivity index is 2.00. The second-order valence-electron chi connectivity index (χ2n) is 4.67. The highest BCUT2D eigenvalue weighted by Crippen LogP contribution is 2.34. The number of halogens is 2. The van der Waals surface area contributed by atoms with E-state index in [-0.39, 0.29) is 0 Å². The zero-order valence-electron chi connectivity index (χ0n) is 9.33. The van der Waals surface area contributed by atoms with Gasteiger partial charge < -0.3 is 0 Å². The van der Waals surface area contributed by atoms with Crippen LogP contribution in [0, 0.1) is 11.8 Å². The molecule has 1 atom stereocenters. The lowest BCUT2D eigenvalue weighted by molar-refractivity contribution is 0.369. The van der Waals surface area contributed by atoms with E-state index in [0.29, 0.717) is 5.92 Å². The van der Waals surface area contributed by atoms with Gasteiger partial charge in [0.15, 0.2) is 0 Å². The molecule has 0 spiro atoms. The van der Waals surface area contributed by atoms with Gasteiger partial charge in [-0.2, -0.15) is 0 Å². The molecule has 1 aliphatic rings. The fourth-order valence-electron chi connectivity index (χ4n) is 2.65. The molecule has 1 aromatic heterocycles. The summed E-state index contributed by atoms with van der Waals surface area (Å²) in [4.78, 5) is 4.21. The van der Waals surface area contributed by atoms with Crippen LogP contribution in [0.15, 0.2) is 22.9 Å². The number of hydrogen-bond donors (Lipinski definition) is 0. The van der Waals surface area contributed by atoms with Gasteiger partial charge >= 0.3 is 0 Å². The molecule has 16 heavy (non-hydrogen) atoms. The molecule has 88 valence electrons. The van der Waals surface area contributed by atoms with Crippen molar-refractivity contribution in [2.45, 2.75) is 32.1 Å². The number of nitrogens with zero attached hydrogens (tertiary/aromatic N) is 1. The van der Waals surface area contributed by atoms with Crippen LogP contribution in [0.4, 0.5) is 0 Å². The predicted octanol–water partition coefficient (Wildman–Crippen LogP) is 4.43. The number of pyridine rings is 1. The van der Waals surface area contributed by atoms with Gasteiger partial charge in [0.1, 0.15) is 0 Å². The highest BCUT2D eigenvalue weighted by Gasteiger charge is 2.24. The van der Waals surface area contributed by atoms with Crippen LogP contribution >= 0.6 is 27.5 Å². The third-order valence-electron chi connectivity index (χ3n) is 3.52. The van der Waals surface area contributed by atoms with Gasteiger partial charge in [0.25, 0.3) is 0 Å². The quantitative estimate of drug-likeness (QED) is 0.750. The number of alkyl halides is 1. The molecule has 1 aromatic rings. The van der Waals surface area contributed by atoms with Crippen molar-refractivity contribution in [1.82, 2.24) is 4.98 Å². The van der Waals surface area contributed by atoms with Gasteiger partial charge in [0, 0.05) is 22.7 Å². The van der Waals surface area contributed by atoms with Crippen molar-refractivity contribution in [3.8, 4) is 0 Å². The molecule has 0 amide bonds.